The maximum atomic E-state index is 11.7. The number of nitro benzene ring substituents is 1. The summed E-state index contributed by atoms with van der Waals surface area (Å²) in [4.78, 5) is 9.18. The molecule has 1 aromatic carbocycles. The van der Waals surface area contributed by atoms with Crippen LogP contribution in [-0.2, 0) is 0 Å². The first kappa shape index (κ1) is 14.3. The second-order valence-electron chi connectivity index (χ2n) is 3.19. The van der Waals surface area contributed by atoms with Crippen molar-refractivity contribution in [3.63, 3.8) is 0 Å². The monoisotopic (exact) mass is 387 g/mol. The van der Waals surface area contributed by atoms with Gasteiger partial charge in [-0.1, -0.05) is 0 Å². The Balaban J connectivity index is 0.00000133. The molecule has 0 aliphatic heterocycles. The Morgan fingerprint density at radius 2 is 1.58 bits per heavy atom. The van der Waals surface area contributed by atoms with Crippen molar-refractivity contribution in [1.29, 1.82) is 0 Å². The van der Waals surface area contributed by atoms with E-state index in [9.17, 15) is 25.6 Å². The number of aromatic nitrogens is 4. The first-order valence-corrected chi connectivity index (χ1v) is 4.28. The fraction of sp³-hybridized carbons (Fsp3) is 0. The standard InChI is InChI=1S/C6HN5O7.Cs/c12-6-4(9(13)14)1-3(10(15)17-7-1)2-5(6)11(16)18-8-2;/h12H;/q;+1/p-1. The smallest absolute Gasteiger partial charge is 0.865 e. The van der Waals surface area contributed by atoms with Gasteiger partial charge in [-0.3, -0.25) is 19.4 Å². The minimum Gasteiger partial charge on any atom is -0.865 e. The van der Waals surface area contributed by atoms with Crippen LogP contribution in [0.2, 0.25) is 0 Å². The summed E-state index contributed by atoms with van der Waals surface area (Å²) in [5.41, 5.74) is -3.38. The number of hydrogen-bond donors (Lipinski definition) is 0. The summed E-state index contributed by atoms with van der Waals surface area (Å²) in [7, 11) is 0. The number of fused-ring (bicyclic) bond motifs is 3. The van der Waals surface area contributed by atoms with Gasteiger partial charge in [0.15, 0.2) is 0 Å². The predicted octanol–water partition coefficient (Wildman–Crippen LogP) is -4.78. The predicted molar refractivity (Wildman–Crippen MR) is 45.6 cm³/mol. The minimum absolute atomic E-state index is 0. The van der Waals surface area contributed by atoms with E-state index in [0.29, 0.717) is 0 Å². The van der Waals surface area contributed by atoms with Crippen molar-refractivity contribution in [1.82, 2.24) is 10.3 Å². The van der Waals surface area contributed by atoms with Gasteiger partial charge in [-0.15, -0.1) is 0 Å². The van der Waals surface area contributed by atoms with Crippen LogP contribution < -0.4 is 83.8 Å². The van der Waals surface area contributed by atoms with Crippen LogP contribution >= 0.6 is 0 Å². The molecule has 3 rings (SSSR count). The Labute approximate surface area is 160 Å². The van der Waals surface area contributed by atoms with Gasteiger partial charge in [0.2, 0.25) is 5.52 Å². The summed E-state index contributed by atoms with van der Waals surface area (Å²) >= 11 is 0. The van der Waals surface area contributed by atoms with E-state index in [-0.39, 0.29) is 78.7 Å². The van der Waals surface area contributed by atoms with E-state index in [1.807, 2.05) is 0 Å². The molecular weight excluding hydrogens is 387 g/mol. The van der Waals surface area contributed by atoms with Crippen LogP contribution in [0.25, 0.3) is 22.1 Å². The number of nitro groups is 1. The van der Waals surface area contributed by atoms with Gasteiger partial charge in [-0.2, -0.15) is 0 Å². The van der Waals surface area contributed by atoms with Gasteiger partial charge in [-0.25, -0.2) is 0 Å². The molecule has 0 bridgehead atoms. The van der Waals surface area contributed by atoms with Crippen molar-refractivity contribution in [2.24, 2.45) is 0 Å². The molecule has 19 heavy (non-hydrogen) atoms. The van der Waals surface area contributed by atoms with Crippen molar-refractivity contribution >= 4 is 27.8 Å². The summed E-state index contributed by atoms with van der Waals surface area (Å²) in [5, 5.41) is 51.2. The quantitative estimate of drug-likeness (QED) is 0.226. The van der Waals surface area contributed by atoms with Crippen LogP contribution in [0.1, 0.15) is 0 Å². The van der Waals surface area contributed by atoms with Crippen LogP contribution in [0.5, 0.6) is 5.75 Å². The fourth-order valence-corrected chi connectivity index (χ4v) is 1.59. The summed E-state index contributed by atoms with van der Waals surface area (Å²) in [6.45, 7) is 0. The molecule has 0 saturated heterocycles. The van der Waals surface area contributed by atoms with Crippen molar-refractivity contribution in [2.45, 2.75) is 0 Å². The Bertz CT molecular complexity index is 809. The molecule has 0 aliphatic carbocycles. The van der Waals surface area contributed by atoms with E-state index in [1.54, 1.807) is 0 Å². The summed E-state index contributed by atoms with van der Waals surface area (Å²) < 4.78 is 8.28. The molecule has 3 aromatic rings. The molecule has 0 unspecified atom stereocenters. The maximum absolute atomic E-state index is 11.7. The number of rotatable bonds is 1. The summed E-state index contributed by atoms with van der Waals surface area (Å²) in [6, 6.07) is 0. The van der Waals surface area contributed by atoms with Crippen LogP contribution in [0.4, 0.5) is 5.69 Å². The molecule has 0 radical (unpaired) electrons. The van der Waals surface area contributed by atoms with Gasteiger partial charge < -0.3 is 15.5 Å². The van der Waals surface area contributed by atoms with Crippen molar-refractivity contribution < 1.29 is 98.0 Å². The van der Waals surface area contributed by atoms with Gasteiger partial charge in [-0.05, 0) is 9.81 Å². The second-order valence-corrected chi connectivity index (χ2v) is 3.19. The Morgan fingerprint density at radius 3 is 2.16 bits per heavy atom. The van der Waals surface area contributed by atoms with Crippen LogP contribution in [0.3, 0.4) is 0 Å². The van der Waals surface area contributed by atoms with Crippen LogP contribution in [-0.4, -0.2) is 15.2 Å². The Morgan fingerprint density at radius 1 is 1.05 bits per heavy atom. The second kappa shape index (κ2) is 4.76. The van der Waals surface area contributed by atoms with Crippen LogP contribution in [0.15, 0.2) is 9.26 Å². The van der Waals surface area contributed by atoms with Gasteiger partial charge in [0.25, 0.3) is 5.52 Å². The molecule has 13 heteroatoms. The van der Waals surface area contributed by atoms with E-state index < -0.39 is 38.4 Å². The van der Waals surface area contributed by atoms with E-state index in [2.05, 4.69) is 19.6 Å². The molecule has 0 saturated carbocycles. The molecule has 92 valence electrons. The van der Waals surface area contributed by atoms with E-state index >= 15 is 0 Å². The summed E-state index contributed by atoms with van der Waals surface area (Å²) in [6.07, 6.45) is 0. The molecule has 0 amide bonds. The molecule has 2 heterocycles. The number of nitrogens with zero attached hydrogens (tertiary/aromatic N) is 5. The van der Waals surface area contributed by atoms with Gasteiger partial charge in [0.1, 0.15) is 0 Å². The minimum atomic E-state index is -1.26. The fourth-order valence-electron chi connectivity index (χ4n) is 1.59. The third-order valence-corrected chi connectivity index (χ3v) is 2.29. The maximum Gasteiger partial charge on any atom is 1.00 e. The Hall–Kier alpha value is -1.13. The van der Waals surface area contributed by atoms with Crippen molar-refractivity contribution in [2.75, 3.05) is 0 Å². The van der Waals surface area contributed by atoms with E-state index in [0.717, 1.165) is 0 Å². The first-order valence-electron chi connectivity index (χ1n) is 4.28. The van der Waals surface area contributed by atoms with E-state index in [1.165, 1.54) is 0 Å². The summed E-state index contributed by atoms with van der Waals surface area (Å²) in [5.74, 6) is -1.26. The van der Waals surface area contributed by atoms with Gasteiger partial charge >= 0.3 is 85.6 Å². The number of hydrogen-bond acceptors (Lipinski definition) is 9. The average molecular weight is 387 g/mol. The van der Waals surface area contributed by atoms with E-state index in [4.69, 9.17) is 0 Å². The molecular formula is C6CsN5O7. The molecule has 12 nitrogen and oxygen atoms in total. The van der Waals surface area contributed by atoms with Gasteiger partial charge in [0, 0.05) is 5.75 Å². The largest absolute Gasteiger partial charge is 1.00 e. The molecule has 0 spiro atoms. The van der Waals surface area contributed by atoms with Crippen LogP contribution in [0, 0.1) is 20.5 Å². The first-order chi connectivity index (χ1) is 8.52. The SMILES string of the molecule is O=[N+]([O-])c1c([O-])c2c(no[n+]2[O-])c2c1no[n+]2[O-].[Cs+]. The topological polar surface area (TPSA) is 172 Å². The van der Waals surface area contributed by atoms with Crippen molar-refractivity contribution in [3.05, 3.63) is 20.5 Å². The zero-order chi connectivity index (χ0) is 13.0. The third kappa shape index (κ3) is 1.85. The van der Waals surface area contributed by atoms with Crippen molar-refractivity contribution in [3.8, 4) is 5.75 Å². The van der Waals surface area contributed by atoms with Gasteiger partial charge in [0.05, 0.1) is 15.2 Å². The molecule has 0 N–H and O–H groups in total. The third-order valence-electron chi connectivity index (χ3n) is 2.29. The normalized spacial score (nSPS) is 10.7. The molecule has 0 atom stereocenters. The Kier molecular flexibility index (Phi) is 3.58. The zero-order valence-corrected chi connectivity index (χ0v) is 15.4. The molecule has 0 aliphatic rings. The molecule has 2 aromatic heterocycles. The average Bonchev–Trinajstić information content (AvgIpc) is 2.83. The molecule has 0 fully saturated rings. The number of benzene rings is 1. The zero-order valence-electron chi connectivity index (χ0n) is 9.09.